The first-order valence-corrected chi connectivity index (χ1v) is 7.79. The second-order valence-electron chi connectivity index (χ2n) is 5.19. The molecule has 0 saturated heterocycles. The summed E-state index contributed by atoms with van der Waals surface area (Å²) in [7, 11) is 1.27. The maximum Gasteiger partial charge on any atom is 0.451 e. The highest BCUT2D eigenvalue weighted by Crippen LogP contribution is 2.34. The van der Waals surface area contributed by atoms with Crippen molar-refractivity contribution in [1.82, 2.24) is 19.9 Å². The number of ether oxygens (including phenoxy) is 1. The second-order valence-corrected chi connectivity index (χ2v) is 5.63. The van der Waals surface area contributed by atoms with Gasteiger partial charge in [0.1, 0.15) is 24.3 Å². The second kappa shape index (κ2) is 7.31. The molecular weight excluding hydrogens is 387 g/mol. The SMILES string of the molecule is CON=C(C)c1nc(C(F)(F)F)nc2cccc(Oc3ncc(Cl)cn3)c12. The summed E-state index contributed by atoms with van der Waals surface area (Å²) in [6.07, 6.45) is -2.08. The van der Waals surface area contributed by atoms with E-state index in [2.05, 4.69) is 29.9 Å². The first-order chi connectivity index (χ1) is 12.8. The Kier molecular flexibility index (Phi) is 5.08. The van der Waals surface area contributed by atoms with Gasteiger partial charge in [-0.15, -0.1) is 0 Å². The van der Waals surface area contributed by atoms with Crippen LogP contribution in [0.4, 0.5) is 13.2 Å². The smallest absolute Gasteiger partial charge is 0.423 e. The molecule has 0 N–H and O–H groups in total. The molecule has 0 aliphatic carbocycles. The van der Waals surface area contributed by atoms with Gasteiger partial charge in [-0.25, -0.2) is 19.9 Å². The van der Waals surface area contributed by atoms with Crippen molar-refractivity contribution >= 4 is 28.2 Å². The quantitative estimate of drug-likeness (QED) is 0.483. The standard InChI is InChI=1S/C16H11ClF3N5O2/c1-8(25-26-2)13-12-10(23-14(24-13)16(18,19)20)4-3-5-11(12)27-15-21-6-9(17)7-22-15/h3-7H,1-2H3. The summed E-state index contributed by atoms with van der Waals surface area (Å²) in [5.74, 6) is -1.14. The van der Waals surface area contributed by atoms with Gasteiger partial charge in [-0.05, 0) is 19.1 Å². The molecule has 0 spiro atoms. The molecule has 0 aliphatic rings. The number of benzene rings is 1. The summed E-state index contributed by atoms with van der Waals surface area (Å²) >= 11 is 5.73. The summed E-state index contributed by atoms with van der Waals surface area (Å²) in [4.78, 5) is 19.7. The van der Waals surface area contributed by atoms with Gasteiger partial charge in [0.15, 0.2) is 0 Å². The number of halogens is 4. The molecule has 140 valence electrons. The maximum atomic E-state index is 13.2. The van der Waals surface area contributed by atoms with E-state index in [0.29, 0.717) is 5.02 Å². The van der Waals surface area contributed by atoms with Gasteiger partial charge < -0.3 is 9.57 Å². The van der Waals surface area contributed by atoms with Crippen molar-refractivity contribution in [3.8, 4) is 11.8 Å². The lowest BCUT2D eigenvalue weighted by Crippen LogP contribution is -2.15. The molecular formula is C16H11ClF3N5O2. The molecule has 0 amide bonds. The van der Waals surface area contributed by atoms with Crippen molar-refractivity contribution < 1.29 is 22.7 Å². The van der Waals surface area contributed by atoms with Crippen LogP contribution in [-0.4, -0.2) is 32.8 Å². The first-order valence-electron chi connectivity index (χ1n) is 7.41. The Balaban J connectivity index is 2.23. The van der Waals surface area contributed by atoms with Gasteiger partial charge in [-0.1, -0.05) is 22.8 Å². The zero-order valence-corrected chi connectivity index (χ0v) is 14.7. The van der Waals surface area contributed by atoms with Crippen LogP contribution in [0.1, 0.15) is 18.4 Å². The zero-order valence-electron chi connectivity index (χ0n) is 14.0. The predicted octanol–water partition coefficient (Wildman–Crippen LogP) is 4.25. The lowest BCUT2D eigenvalue weighted by Gasteiger charge is -2.13. The fraction of sp³-hybridized carbons (Fsp3) is 0.188. The minimum atomic E-state index is -4.73. The summed E-state index contributed by atoms with van der Waals surface area (Å²) in [6, 6.07) is 4.39. The molecule has 0 fully saturated rings. The van der Waals surface area contributed by atoms with E-state index in [0.717, 1.165) is 0 Å². The van der Waals surface area contributed by atoms with Crippen LogP contribution < -0.4 is 4.74 Å². The Hall–Kier alpha value is -3.01. The normalized spacial score (nSPS) is 12.3. The third-order valence-corrected chi connectivity index (χ3v) is 3.50. The number of nitrogens with zero attached hydrogens (tertiary/aromatic N) is 5. The number of hydrogen-bond donors (Lipinski definition) is 0. The molecule has 2 aromatic heterocycles. The Labute approximate surface area is 155 Å². The molecule has 3 rings (SSSR count). The molecule has 0 atom stereocenters. The molecule has 7 nitrogen and oxygen atoms in total. The van der Waals surface area contributed by atoms with Crippen molar-refractivity contribution in [3.05, 3.63) is 47.1 Å². The van der Waals surface area contributed by atoms with Gasteiger partial charge in [-0.3, -0.25) is 0 Å². The number of aromatic nitrogens is 4. The monoisotopic (exact) mass is 397 g/mol. The van der Waals surface area contributed by atoms with Gasteiger partial charge in [0.2, 0.25) is 5.82 Å². The fourth-order valence-corrected chi connectivity index (χ4v) is 2.35. The van der Waals surface area contributed by atoms with E-state index in [1.165, 1.54) is 44.6 Å². The number of rotatable bonds is 4. The number of hydrogen-bond acceptors (Lipinski definition) is 7. The summed E-state index contributed by atoms with van der Waals surface area (Å²) in [5.41, 5.74) is 0.0478. The Morgan fingerprint density at radius 2 is 1.85 bits per heavy atom. The number of oxime groups is 1. The van der Waals surface area contributed by atoms with E-state index < -0.39 is 12.0 Å². The van der Waals surface area contributed by atoms with Crippen LogP contribution in [0.5, 0.6) is 11.8 Å². The van der Waals surface area contributed by atoms with Crippen LogP contribution in [-0.2, 0) is 11.0 Å². The van der Waals surface area contributed by atoms with Crippen molar-refractivity contribution in [2.24, 2.45) is 5.16 Å². The number of alkyl halides is 3. The van der Waals surface area contributed by atoms with Crippen molar-refractivity contribution in [3.63, 3.8) is 0 Å². The lowest BCUT2D eigenvalue weighted by molar-refractivity contribution is -0.144. The first kappa shape index (κ1) is 18.8. The van der Waals surface area contributed by atoms with E-state index in [-0.39, 0.29) is 34.1 Å². The Morgan fingerprint density at radius 3 is 2.48 bits per heavy atom. The molecule has 0 bridgehead atoms. The van der Waals surface area contributed by atoms with E-state index in [1.807, 2.05) is 0 Å². The Bertz CT molecular complexity index is 1010. The van der Waals surface area contributed by atoms with Crippen LogP contribution in [0.25, 0.3) is 10.9 Å². The molecule has 0 saturated carbocycles. The average Bonchev–Trinajstić information content (AvgIpc) is 2.62. The fourth-order valence-electron chi connectivity index (χ4n) is 2.26. The van der Waals surface area contributed by atoms with E-state index in [9.17, 15) is 13.2 Å². The van der Waals surface area contributed by atoms with Gasteiger partial charge in [-0.2, -0.15) is 13.2 Å². The summed E-state index contributed by atoms with van der Waals surface area (Å²) in [5, 5.41) is 4.20. The van der Waals surface area contributed by atoms with Gasteiger partial charge in [0.25, 0.3) is 0 Å². The summed E-state index contributed by atoms with van der Waals surface area (Å²) in [6.45, 7) is 1.46. The minimum absolute atomic E-state index is 0.0180. The van der Waals surface area contributed by atoms with Crippen molar-refractivity contribution in [2.75, 3.05) is 7.11 Å². The molecule has 11 heteroatoms. The van der Waals surface area contributed by atoms with E-state index >= 15 is 0 Å². The predicted molar refractivity (Wildman–Crippen MR) is 90.9 cm³/mol. The molecule has 3 aromatic rings. The Morgan fingerprint density at radius 1 is 1.15 bits per heavy atom. The highest BCUT2D eigenvalue weighted by Gasteiger charge is 2.36. The largest absolute Gasteiger partial charge is 0.451 e. The summed E-state index contributed by atoms with van der Waals surface area (Å²) < 4.78 is 45.1. The lowest BCUT2D eigenvalue weighted by atomic mass is 10.1. The highest BCUT2D eigenvalue weighted by atomic mass is 35.5. The van der Waals surface area contributed by atoms with E-state index in [1.54, 1.807) is 0 Å². The van der Waals surface area contributed by atoms with Gasteiger partial charge in [0, 0.05) is 0 Å². The third-order valence-electron chi connectivity index (χ3n) is 3.31. The molecule has 27 heavy (non-hydrogen) atoms. The molecule has 1 aromatic carbocycles. The minimum Gasteiger partial charge on any atom is -0.423 e. The average molecular weight is 398 g/mol. The topological polar surface area (TPSA) is 82.4 Å². The molecule has 0 aliphatic heterocycles. The van der Waals surface area contributed by atoms with Crippen LogP contribution in [0.15, 0.2) is 35.7 Å². The van der Waals surface area contributed by atoms with Gasteiger partial charge >= 0.3 is 12.2 Å². The van der Waals surface area contributed by atoms with Crippen molar-refractivity contribution in [1.29, 1.82) is 0 Å². The van der Waals surface area contributed by atoms with Crippen LogP contribution >= 0.6 is 11.6 Å². The molecule has 0 unspecified atom stereocenters. The highest BCUT2D eigenvalue weighted by molar-refractivity contribution is 6.30. The third kappa shape index (κ3) is 4.05. The van der Waals surface area contributed by atoms with Crippen LogP contribution in [0.3, 0.4) is 0 Å². The number of fused-ring (bicyclic) bond motifs is 1. The molecule has 2 heterocycles. The van der Waals surface area contributed by atoms with Gasteiger partial charge in [0.05, 0.1) is 28.3 Å². The van der Waals surface area contributed by atoms with E-state index in [4.69, 9.17) is 16.3 Å². The van der Waals surface area contributed by atoms with Crippen LogP contribution in [0, 0.1) is 0 Å². The molecule has 0 radical (unpaired) electrons. The van der Waals surface area contributed by atoms with Crippen LogP contribution in [0.2, 0.25) is 5.02 Å². The van der Waals surface area contributed by atoms with Crippen molar-refractivity contribution in [2.45, 2.75) is 13.1 Å². The zero-order chi connectivity index (χ0) is 19.6. The maximum absolute atomic E-state index is 13.2.